The summed E-state index contributed by atoms with van der Waals surface area (Å²) < 4.78 is 23.8. The fraction of sp³-hybridized carbons (Fsp3) is 0.455. The van der Waals surface area contributed by atoms with Gasteiger partial charge in [0.15, 0.2) is 0 Å². The molecule has 0 radical (unpaired) electrons. The summed E-state index contributed by atoms with van der Waals surface area (Å²) in [5.41, 5.74) is 1.34. The van der Waals surface area contributed by atoms with Crippen LogP contribution in [0.15, 0.2) is 29.2 Å². The predicted molar refractivity (Wildman–Crippen MR) is 58.7 cm³/mol. The van der Waals surface area contributed by atoms with E-state index in [0.29, 0.717) is 11.8 Å². The largest absolute Gasteiger partial charge is 0.310 e. The van der Waals surface area contributed by atoms with Crippen molar-refractivity contribution in [2.75, 3.05) is 13.1 Å². The monoisotopic (exact) mass is 229 g/mol. The summed E-state index contributed by atoms with van der Waals surface area (Å²) in [6.07, 6.45) is -1.27. The first-order chi connectivity index (χ1) is 7.25. The van der Waals surface area contributed by atoms with Gasteiger partial charge in [-0.25, -0.2) is 8.78 Å². The van der Waals surface area contributed by atoms with E-state index in [1.165, 1.54) is 10.5 Å². The highest BCUT2D eigenvalue weighted by Crippen LogP contribution is 2.36. The van der Waals surface area contributed by atoms with Gasteiger partial charge in [0.25, 0.3) is 6.43 Å². The summed E-state index contributed by atoms with van der Waals surface area (Å²) in [6, 6.07) is 8.23. The Morgan fingerprint density at radius 1 is 1.40 bits per heavy atom. The fourth-order valence-electron chi connectivity index (χ4n) is 1.72. The normalized spacial score (nSPS) is 19.5. The predicted octanol–water partition coefficient (Wildman–Crippen LogP) is 2.56. The second kappa shape index (κ2) is 4.94. The third-order valence-electron chi connectivity index (χ3n) is 2.38. The Labute approximate surface area is 92.3 Å². The van der Waals surface area contributed by atoms with Crippen LogP contribution in [-0.4, -0.2) is 24.8 Å². The van der Waals surface area contributed by atoms with Crippen LogP contribution in [0.3, 0.4) is 0 Å². The highest BCUT2D eigenvalue weighted by Gasteiger charge is 2.21. The topological polar surface area (TPSA) is 12.0 Å². The average molecular weight is 229 g/mol. The van der Waals surface area contributed by atoms with E-state index < -0.39 is 6.43 Å². The molecule has 0 spiro atoms. The minimum Gasteiger partial charge on any atom is -0.310 e. The molecule has 1 heterocycles. The van der Waals surface area contributed by atoms with E-state index in [0.717, 1.165) is 6.42 Å². The SMILES string of the molecule is FC(F)CNCC1Cc2ccccc2S1. The number of benzene rings is 1. The maximum Gasteiger partial charge on any atom is 0.250 e. The van der Waals surface area contributed by atoms with Crippen molar-refractivity contribution in [3.8, 4) is 0 Å². The summed E-state index contributed by atoms with van der Waals surface area (Å²) in [5, 5.41) is 3.19. The molecule has 1 aromatic carbocycles. The zero-order chi connectivity index (χ0) is 10.7. The Kier molecular flexibility index (Phi) is 3.59. The Morgan fingerprint density at radius 3 is 2.93 bits per heavy atom. The number of nitrogens with one attached hydrogen (secondary N) is 1. The van der Waals surface area contributed by atoms with Crippen molar-refractivity contribution in [3.05, 3.63) is 29.8 Å². The van der Waals surface area contributed by atoms with Gasteiger partial charge in [-0.15, -0.1) is 11.8 Å². The molecule has 15 heavy (non-hydrogen) atoms. The number of rotatable bonds is 4. The first kappa shape index (κ1) is 10.9. The van der Waals surface area contributed by atoms with Gasteiger partial charge in [0.05, 0.1) is 6.54 Å². The van der Waals surface area contributed by atoms with Crippen LogP contribution in [0.1, 0.15) is 5.56 Å². The first-order valence-electron chi connectivity index (χ1n) is 4.99. The highest BCUT2D eigenvalue weighted by molar-refractivity contribution is 8.00. The highest BCUT2D eigenvalue weighted by atomic mass is 32.2. The second-order valence-electron chi connectivity index (χ2n) is 3.60. The summed E-state index contributed by atoms with van der Waals surface area (Å²) in [6.45, 7) is 0.455. The standard InChI is InChI=1S/C11H13F2NS/c12-11(13)7-14-6-9-5-8-3-1-2-4-10(8)15-9/h1-4,9,11,14H,5-7H2. The molecule has 2 rings (SSSR count). The molecule has 0 amide bonds. The second-order valence-corrected chi connectivity index (χ2v) is 4.94. The minimum absolute atomic E-state index is 0.201. The molecule has 1 aromatic rings. The number of hydrogen-bond acceptors (Lipinski definition) is 2. The van der Waals surface area contributed by atoms with E-state index in [-0.39, 0.29) is 6.54 Å². The van der Waals surface area contributed by atoms with Crippen LogP contribution in [0.5, 0.6) is 0 Å². The van der Waals surface area contributed by atoms with Crippen molar-refractivity contribution in [1.29, 1.82) is 0 Å². The van der Waals surface area contributed by atoms with Crippen molar-refractivity contribution in [2.45, 2.75) is 23.0 Å². The van der Waals surface area contributed by atoms with Gasteiger partial charge < -0.3 is 5.32 Å². The Morgan fingerprint density at radius 2 is 2.20 bits per heavy atom. The van der Waals surface area contributed by atoms with Crippen molar-refractivity contribution < 1.29 is 8.78 Å². The zero-order valence-electron chi connectivity index (χ0n) is 8.25. The van der Waals surface area contributed by atoms with Gasteiger partial charge in [0.2, 0.25) is 0 Å². The lowest BCUT2D eigenvalue weighted by atomic mass is 10.1. The number of thioether (sulfide) groups is 1. The molecule has 82 valence electrons. The lowest BCUT2D eigenvalue weighted by molar-refractivity contribution is 0.146. The van der Waals surface area contributed by atoms with Gasteiger partial charge in [0, 0.05) is 16.7 Å². The van der Waals surface area contributed by atoms with E-state index in [1.54, 1.807) is 11.8 Å². The van der Waals surface area contributed by atoms with Crippen LogP contribution < -0.4 is 5.32 Å². The number of fused-ring (bicyclic) bond motifs is 1. The Balaban J connectivity index is 1.80. The van der Waals surface area contributed by atoms with E-state index in [1.807, 2.05) is 12.1 Å². The maximum absolute atomic E-state index is 11.9. The first-order valence-corrected chi connectivity index (χ1v) is 5.87. The molecule has 0 saturated carbocycles. The zero-order valence-corrected chi connectivity index (χ0v) is 9.07. The van der Waals surface area contributed by atoms with Crippen LogP contribution in [0.2, 0.25) is 0 Å². The Hall–Kier alpha value is -0.610. The van der Waals surface area contributed by atoms with Crippen molar-refractivity contribution >= 4 is 11.8 Å². The van der Waals surface area contributed by atoms with Gasteiger partial charge in [-0.05, 0) is 18.1 Å². The number of halogens is 2. The van der Waals surface area contributed by atoms with Gasteiger partial charge in [-0.1, -0.05) is 18.2 Å². The van der Waals surface area contributed by atoms with Crippen LogP contribution in [0, 0.1) is 0 Å². The maximum atomic E-state index is 11.9. The summed E-state index contributed by atoms with van der Waals surface area (Å²) in [5.74, 6) is 0. The lowest BCUT2D eigenvalue weighted by Crippen LogP contribution is -2.28. The third kappa shape index (κ3) is 2.92. The van der Waals surface area contributed by atoms with Gasteiger partial charge >= 0.3 is 0 Å². The quantitative estimate of drug-likeness (QED) is 0.851. The van der Waals surface area contributed by atoms with Gasteiger partial charge in [-0.2, -0.15) is 0 Å². The molecule has 1 nitrogen and oxygen atoms in total. The van der Waals surface area contributed by atoms with E-state index in [2.05, 4.69) is 17.4 Å². The minimum atomic E-state index is -2.25. The Bertz CT molecular complexity index is 305. The van der Waals surface area contributed by atoms with E-state index >= 15 is 0 Å². The lowest BCUT2D eigenvalue weighted by Gasteiger charge is -2.09. The molecule has 1 unspecified atom stereocenters. The van der Waals surface area contributed by atoms with Crippen LogP contribution in [0.4, 0.5) is 8.78 Å². The molecule has 0 fully saturated rings. The van der Waals surface area contributed by atoms with Crippen molar-refractivity contribution in [2.24, 2.45) is 0 Å². The van der Waals surface area contributed by atoms with Crippen LogP contribution >= 0.6 is 11.8 Å². The molecular formula is C11H13F2NS. The molecule has 1 N–H and O–H groups in total. The molecule has 0 saturated heterocycles. The fourth-order valence-corrected chi connectivity index (χ4v) is 3.00. The smallest absolute Gasteiger partial charge is 0.250 e. The van der Waals surface area contributed by atoms with E-state index in [9.17, 15) is 8.78 Å². The van der Waals surface area contributed by atoms with Crippen molar-refractivity contribution in [3.63, 3.8) is 0 Å². The van der Waals surface area contributed by atoms with E-state index in [4.69, 9.17) is 0 Å². The summed E-state index contributed by atoms with van der Waals surface area (Å²) in [4.78, 5) is 1.29. The number of alkyl halides is 2. The van der Waals surface area contributed by atoms with Gasteiger partial charge in [-0.3, -0.25) is 0 Å². The molecule has 0 aromatic heterocycles. The molecule has 0 aliphatic carbocycles. The number of hydrogen-bond donors (Lipinski definition) is 1. The molecule has 1 atom stereocenters. The molecule has 4 heteroatoms. The van der Waals surface area contributed by atoms with Gasteiger partial charge in [0.1, 0.15) is 0 Å². The summed E-state index contributed by atoms with van der Waals surface area (Å²) in [7, 11) is 0. The molecule has 0 bridgehead atoms. The molecular weight excluding hydrogens is 216 g/mol. The molecule has 1 aliphatic heterocycles. The van der Waals surface area contributed by atoms with Crippen LogP contribution in [0.25, 0.3) is 0 Å². The van der Waals surface area contributed by atoms with Crippen molar-refractivity contribution in [1.82, 2.24) is 5.32 Å². The van der Waals surface area contributed by atoms with Crippen LogP contribution in [-0.2, 0) is 6.42 Å². The third-order valence-corrected chi connectivity index (χ3v) is 3.70. The average Bonchev–Trinajstić information content (AvgIpc) is 2.59. The molecule has 1 aliphatic rings. The summed E-state index contributed by atoms with van der Waals surface area (Å²) >= 11 is 1.78.